The van der Waals surface area contributed by atoms with Crippen molar-refractivity contribution in [2.75, 3.05) is 12.9 Å². The first-order valence-corrected chi connectivity index (χ1v) is 15.5. The van der Waals surface area contributed by atoms with E-state index in [1.807, 2.05) is 54.6 Å². The molecule has 0 bridgehead atoms. The summed E-state index contributed by atoms with van der Waals surface area (Å²) in [6.07, 6.45) is 5.96. The minimum absolute atomic E-state index is 0.0306. The smallest absolute Gasteiger partial charge is 0.243 e. The number of rotatable bonds is 12. The number of ether oxygens (including phenoxy) is 1. The Bertz CT molecular complexity index is 1240. The van der Waals surface area contributed by atoms with E-state index in [4.69, 9.17) is 4.74 Å². The molecule has 1 N–H and O–H groups in total. The maximum Gasteiger partial charge on any atom is 0.243 e. The van der Waals surface area contributed by atoms with Gasteiger partial charge in [0.25, 0.3) is 0 Å². The minimum atomic E-state index is -0.607. The summed E-state index contributed by atoms with van der Waals surface area (Å²) < 4.78 is 5.45. The second-order valence-corrected chi connectivity index (χ2v) is 11.9. The van der Waals surface area contributed by atoms with E-state index >= 15 is 0 Å². The third-order valence-electron chi connectivity index (χ3n) is 7.49. The van der Waals surface area contributed by atoms with Crippen LogP contribution in [0.4, 0.5) is 0 Å². The molecule has 5 nitrogen and oxygen atoms in total. The van der Waals surface area contributed by atoms with Gasteiger partial charge in [0.1, 0.15) is 11.8 Å². The molecule has 3 aromatic rings. The third-order valence-corrected chi connectivity index (χ3v) is 8.47. The first-order chi connectivity index (χ1) is 19.4. The molecule has 1 atom stereocenters. The Balaban J connectivity index is 1.58. The number of thioether (sulfide) groups is 1. The fraction of sp³-hybridized carbons (Fsp3) is 0.412. The van der Waals surface area contributed by atoms with Crippen LogP contribution >= 0.6 is 11.8 Å². The van der Waals surface area contributed by atoms with Crippen LogP contribution in [-0.4, -0.2) is 41.7 Å². The Kier molecular flexibility index (Phi) is 11.1. The van der Waals surface area contributed by atoms with Gasteiger partial charge in [0, 0.05) is 24.8 Å². The van der Waals surface area contributed by atoms with Crippen LogP contribution in [-0.2, 0) is 28.3 Å². The van der Waals surface area contributed by atoms with Crippen molar-refractivity contribution in [3.8, 4) is 5.75 Å². The lowest BCUT2D eigenvalue weighted by Gasteiger charge is -2.33. The molecular weight excluding hydrogens is 516 g/mol. The molecule has 0 unspecified atom stereocenters. The Morgan fingerprint density at radius 3 is 2.30 bits per heavy atom. The SMILES string of the molecule is COc1cccc(CN(C(=O)CSCc2cc(C)cc(C)c2)[C@@H](Cc2ccccc2)C(=O)NC2CCCCC2)c1. The number of methoxy groups -OCH3 is 1. The van der Waals surface area contributed by atoms with E-state index in [-0.39, 0.29) is 17.9 Å². The lowest BCUT2D eigenvalue weighted by Crippen LogP contribution is -2.53. The van der Waals surface area contributed by atoms with Gasteiger partial charge in [-0.1, -0.05) is 91.1 Å². The average molecular weight is 559 g/mol. The molecule has 212 valence electrons. The molecule has 40 heavy (non-hydrogen) atoms. The Morgan fingerprint density at radius 1 is 0.900 bits per heavy atom. The van der Waals surface area contributed by atoms with Crippen molar-refractivity contribution in [3.05, 3.63) is 101 Å². The summed E-state index contributed by atoms with van der Waals surface area (Å²) in [5.41, 5.74) is 5.64. The van der Waals surface area contributed by atoms with Crippen molar-refractivity contribution in [2.45, 2.75) is 76.8 Å². The highest BCUT2D eigenvalue weighted by Gasteiger charge is 2.32. The Hall–Kier alpha value is -3.25. The predicted octanol–water partition coefficient (Wildman–Crippen LogP) is 6.63. The molecule has 0 aromatic heterocycles. The van der Waals surface area contributed by atoms with E-state index in [0.29, 0.717) is 18.7 Å². The number of nitrogens with one attached hydrogen (secondary N) is 1. The van der Waals surface area contributed by atoms with Crippen molar-refractivity contribution in [1.82, 2.24) is 10.2 Å². The summed E-state index contributed by atoms with van der Waals surface area (Å²) >= 11 is 1.60. The number of hydrogen-bond donors (Lipinski definition) is 1. The van der Waals surface area contributed by atoms with Gasteiger partial charge in [0.05, 0.1) is 12.9 Å². The molecule has 1 aliphatic rings. The molecule has 0 radical (unpaired) electrons. The highest BCUT2D eigenvalue weighted by molar-refractivity contribution is 7.99. The van der Waals surface area contributed by atoms with Crippen LogP contribution in [0, 0.1) is 13.8 Å². The fourth-order valence-corrected chi connectivity index (χ4v) is 6.40. The quantitative estimate of drug-likeness (QED) is 0.271. The van der Waals surface area contributed by atoms with Gasteiger partial charge < -0.3 is 15.0 Å². The number of nitrogens with zero attached hydrogens (tertiary/aromatic N) is 1. The topological polar surface area (TPSA) is 58.6 Å². The molecular formula is C34H42N2O3S. The van der Waals surface area contributed by atoms with Crippen LogP contribution in [0.5, 0.6) is 5.75 Å². The van der Waals surface area contributed by atoms with Crippen LogP contribution < -0.4 is 10.1 Å². The van der Waals surface area contributed by atoms with Crippen molar-refractivity contribution < 1.29 is 14.3 Å². The molecule has 0 aliphatic heterocycles. The van der Waals surface area contributed by atoms with Gasteiger partial charge in [-0.3, -0.25) is 9.59 Å². The van der Waals surface area contributed by atoms with Gasteiger partial charge in [-0.05, 0) is 55.5 Å². The first-order valence-electron chi connectivity index (χ1n) is 14.3. The summed E-state index contributed by atoms with van der Waals surface area (Å²) in [4.78, 5) is 29.6. The van der Waals surface area contributed by atoms with Gasteiger partial charge in [0.15, 0.2) is 0 Å². The van der Waals surface area contributed by atoms with E-state index in [2.05, 4.69) is 37.4 Å². The monoisotopic (exact) mass is 558 g/mol. The number of benzene rings is 3. The van der Waals surface area contributed by atoms with Crippen LogP contribution in [0.25, 0.3) is 0 Å². The van der Waals surface area contributed by atoms with Crippen molar-refractivity contribution in [1.29, 1.82) is 0 Å². The molecule has 4 rings (SSSR count). The minimum Gasteiger partial charge on any atom is -0.497 e. The van der Waals surface area contributed by atoms with Crippen molar-refractivity contribution >= 4 is 23.6 Å². The summed E-state index contributed by atoms with van der Waals surface area (Å²) in [5.74, 6) is 1.70. The average Bonchev–Trinajstić information content (AvgIpc) is 2.95. The highest BCUT2D eigenvalue weighted by Crippen LogP contribution is 2.23. The fourth-order valence-electron chi connectivity index (χ4n) is 5.56. The number of hydrogen-bond acceptors (Lipinski definition) is 4. The van der Waals surface area contributed by atoms with Crippen LogP contribution in [0.2, 0.25) is 0 Å². The van der Waals surface area contributed by atoms with Crippen LogP contribution in [0.1, 0.15) is 59.9 Å². The summed E-state index contributed by atoms with van der Waals surface area (Å²) in [6.45, 7) is 4.54. The Labute approximate surface area is 243 Å². The molecule has 1 saturated carbocycles. The van der Waals surface area contributed by atoms with E-state index in [1.165, 1.54) is 23.1 Å². The van der Waals surface area contributed by atoms with E-state index < -0.39 is 6.04 Å². The standard InChI is InChI=1S/C34H42N2O3S/c1-25-17-26(2)19-29(18-25)23-40-24-33(37)36(22-28-13-10-16-31(20-28)39-3)32(21-27-11-6-4-7-12-27)34(38)35-30-14-8-5-9-15-30/h4,6-7,10-13,16-20,30,32H,5,8-9,14-15,21-24H2,1-3H3,(H,35,38)/t32-/m0/s1. The molecule has 0 spiro atoms. The summed E-state index contributed by atoms with van der Waals surface area (Å²) in [5, 5.41) is 3.31. The van der Waals surface area contributed by atoms with E-state index in [1.54, 1.807) is 23.8 Å². The van der Waals surface area contributed by atoms with Gasteiger partial charge in [-0.25, -0.2) is 0 Å². The van der Waals surface area contributed by atoms with Crippen LogP contribution in [0.3, 0.4) is 0 Å². The highest BCUT2D eigenvalue weighted by atomic mass is 32.2. The van der Waals surface area contributed by atoms with Gasteiger partial charge >= 0.3 is 0 Å². The maximum atomic E-state index is 13.9. The predicted molar refractivity (Wildman–Crippen MR) is 165 cm³/mol. The largest absolute Gasteiger partial charge is 0.497 e. The maximum absolute atomic E-state index is 13.9. The lowest BCUT2D eigenvalue weighted by atomic mass is 9.94. The zero-order chi connectivity index (χ0) is 28.3. The third kappa shape index (κ3) is 8.88. The zero-order valence-corrected chi connectivity index (χ0v) is 24.8. The summed E-state index contributed by atoms with van der Waals surface area (Å²) in [6, 6.07) is 23.8. The molecule has 2 amide bonds. The number of aryl methyl sites for hydroxylation is 2. The molecule has 1 aliphatic carbocycles. The summed E-state index contributed by atoms with van der Waals surface area (Å²) in [7, 11) is 1.64. The second kappa shape index (κ2) is 14.9. The van der Waals surface area contributed by atoms with Gasteiger partial charge in [-0.15, -0.1) is 11.8 Å². The first kappa shape index (κ1) is 29.7. The number of amides is 2. The van der Waals surface area contributed by atoms with Crippen LogP contribution in [0.15, 0.2) is 72.8 Å². The molecule has 3 aromatic carbocycles. The molecule has 0 saturated heterocycles. The number of carbonyl (C=O) groups is 2. The van der Waals surface area contributed by atoms with E-state index in [0.717, 1.165) is 48.3 Å². The molecule has 1 fully saturated rings. The van der Waals surface area contributed by atoms with Gasteiger partial charge in [-0.2, -0.15) is 0 Å². The molecule has 6 heteroatoms. The molecule has 0 heterocycles. The number of carbonyl (C=O) groups excluding carboxylic acids is 2. The second-order valence-electron chi connectivity index (χ2n) is 10.9. The zero-order valence-electron chi connectivity index (χ0n) is 24.0. The van der Waals surface area contributed by atoms with Crippen molar-refractivity contribution in [3.63, 3.8) is 0 Å². The van der Waals surface area contributed by atoms with Gasteiger partial charge in [0.2, 0.25) is 11.8 Å². The lowest BCUT2D eigenvalue weighted by molar-refractivity contribution is -0.139. The van der Waals surface area contributed by atoms with E-state index in [9.17, 15) is 9.59 Å². The van der Waals surface area contributed by atoms with Crippen molar-refractivity contribution in [2.24, 2.45) is 0 Å². The normalized spacial score (nSPS) is 14.4. The Morgan fingerprint density at radius 2 is 1.60 bits per heavy atom.